The molecule has 0 fully saturated rings. The highest BCUT2D eigenvalue weighted by atomic mass is 32.2. The van der Waals surface area contributed by atoms with Gasteiger partial charge in [-0.1, -0.05) is 13.0 Å². The summed E-state index contributed by atoms with van der Waals surface area (Å²) in [6.07, 6.45) is 0. The molecule has 0 aliphatic heterocycles. The molecule has 112 valence electrons. The second-order valence-corrected chi connectivity index (χ2v) is 6.85. The molecule has 0 aliphatic carbocycles. The molecule has 2 N–H and O–H groups in total. The quantitative estimate of drug-likeness (QED) is 0.891. The maximum absolute atomic E-state index is 13.2. The Balaban J connectivity index is 2.05. The van der Waals surface area contributed by atoms with E-state index < -0.39 is 15.7 Å². The first kappa shape index (κ1) is 15.3. The maximum Gasteiger partial charge on any atom is 0.178 e. The van der Waals surface area contributed by atoms with E-state index in [0.29, 0.717) is 12.1 Å². The van der Waals surface area contributed by atoms with Crippen LogP contribution in [0, 0.1) is 5.82 Å². The lowest BCUT2D eigenvalue weighted by atomic mass is 10.2. The fourth-order valence-corrected chi connectivity index (χ4v) is 2.70. The number of hydrogen-bond donors (Lipinski definition) is 2. The van der Waals surface area contributed by atoms with Gasteiger partial charge in [0, 0.05) is 12.2 Å². The minimum absolute atomic E-state index is 0.0621. The summed E-state index contributed by atoms with van der Waals surface area (Å²) in [4.78, 5) is 0.284. The average Bonchev–Trinajstić information content (AvgIpc) is 2.49. The maximum atomic E-state index is 13.2. The average molecular weight is 309 g/mol. The zero-order valence-corrected chi connectivity index (χ0v) is 12.3. The summed E-state index contributed by atoms with van der Waals surface area (Å²) in [6, 6.07) is 10.6. The smallest absolute Gasteiger partial charge is 0.178 e. The summed E-state index contributed by atoms with van der Waals surface area (Å²) in [6.45, 7) is 1.97. The molecule has 0 amide bonds. The van der Waals surface area contributed by atoms with Gasteiger partial charge in [0.2, 0.25) is 0 Å². The zero-order valence-electron chi connectivity index (χ0n) is 11.5. The first-order valence-corrected chi connectivity index (χ1v) is 8.11. The molecule has 2 aromatic rings. The van der Waals surface area contributed by atoms with Gasteiger partial charge in [-0.25, -0.2) is 12.8 Å². The molecule has 2 rings (SSSR count). The molecule has 0 aromatic heterocycles. The van der Waals surface area contributed by atoms with Crippen LogP contribution in [0.4, 0.5) is 10.1 Å². The Morgan fingerprint density at radius 3 is 2.38 bits per heavy atom. The van der Waals surface area contributed by atoms with Gasteiger partial charge < -0.3 is 10.4 Å². The molecule has 4 nitrogen and oxygen atoms in total. The number of rotatable bonds is 5. The molecule has 0 atom stereocenters. The zero-order chi connectivity index (χ0) is 15.5. The van der Waals surface area contributed by atoms with Gasteiger partial charge in [-0.05, 0) is 42.0 Å². The van der Waals surface area contributed by atoms with Crippen LogP contribution in [-0.4, -0.2) is 19.3 Å². The van der Waals surface area contributed by atoms with Crippen molar-refractivity contribution in [1.29, 1.82) is 0 Å². The lowest BCUT2D eigenvalue weighted by molar-refractivity contribution is 0.432. The van der Waals surface area contributed by atoms with Gasteiger partial charge in [0.15, 0.2) is 21.4 Å². The molecule has 0 saturated carbocycles. The number of benzene rings is 2. The predicted molar refractivity (Wildman–Crippen MR) is 79.6 cm³/mol. The molecule has 0 radical (unpaired) electrons. The Morgan fingerprint density at radius 1 is 1.14 bits per heavy atom. The van der Waals surface area contributed by atoms with E-state index in [1.807, 2.05) is 0 Å². The predicted octanol–water partition coefficient (Wildman–Crippen LogP) is 2.94. The highest BCUT2D eigenvalue weighted by molar-refractivity contribution is 7.91. The molecule has 0 spiro atoms. The lowest BCUT2D eigenvalue weighted by Gasteiger charge is -2.08. The van der Waals surface area contributed by atoms with Crippen molar-refractivity contribution in [2.45, 2.75) is 18.4 Å². The van der Waals surface area contributed by atoms with Crippen molar-refractivity contribution in [3.05, 3.63) is 53.8 Å². The monoisotopic (exact) mass is 309 g/mol. The molecular weight excluding hydrogens is 293 g/mol. The van der Waals surface area contributed by atoms with E-state index in [1.165, 1.54) is 12.1 Å². The van der Waals surface area contributed by atoms with E-state index in [2.05, 4.69) is 5.32 Å². The Bertz CT molecular complexity index is 727. The van der Waals surface area contributed by atoms with Gasteiger partial charge in [0.1, 0.15) is 0 Å². The third-order valence-corrected chi connectivity index (χ3v) is 4.85. The summed E-state index contributed by atoms with van der Waals surface area (Å²) in [5, 5.41) is 12.2. The van der Waals surface area contributed by atoms with Crippen molar-refractivity contribution in [2.24, 2.45) is 0 Å². The van der Waals surface area contributed by atoms with Gasteiger partial charge in [-0.3, -0.25) is 0 Å². The SMILES string of the molecule is CCS(=O)(=O)c1ccc(NCc2ccc(O)c(F)c2)cc1. The number of aromatic hydroxyl groups is 1. The van der Waals surface area contributed by atoms with Crippen LogP contribution < -0.4 is 5.32 Å². The Kier molecular flexibility index (Phi) is 4.47. The van der Waals surface area contributed by atoms with Crippen molar-refractivity contribution >= 4 is 15.5 Å². The van der Waals surface area contributed by atoms with Crippen molar-refractivity contribution in [1.82, 2.24) is 0 Å². The van der Waals surface area contributed by atoms with Gasteiger partial charge in [0.05, 0.1) is 10.6 Å². The van der Waals surface area contributed by atoms with Crippen LogP contribution in [0.15, 0.2) is 47.4 Å². The Hall–Kier alpha value is -2.08. The van der Waals surface area contributed by atoms with E-state index in [9.17, 15) is 12.8 Å². The summed E-state index contributed by atoms with van der Waals surface area (Å²) < 4.78 is 36.5. The molecule has 6 heteroatoms. The summed E-state index contributed by atoms with van der Waals surface area (Å²) in [7, 11) is -3.20. The van der Waals surface area contributed by atoms with Gasteiger partial charge in [-0.15, -0.1) is 0 Å². The molecule has 21 heavy (non-hydrogen) atoms. The van der Waals surface area contributed by atoms with E-state index in [1.54, 1.807) is 37.3 Å². The first-order valence-electron chi connectivity index (χ1n) is 6.46. The largest absolute Gasteiger partial charge is 0.505 e. The fraction of sp³-hybridized carbons (Fsp3) is 0.200. The number of phenolic OH excluding ortho intramolecular Hbond substituents is 1. The molecule has 0 bridgehead atoms. The number of phenols is 1. The van der Waals surface area contributed by atoms with Gasteiger partial charge in [-0.2, -0.15) is 0 Å². The van der Waals surface area contributed by atoms with Crippen LogP contribution in [0.1, 0.15) is 12.5 Å². The molecule has 0 aliphatic rings. The summed E-state index contributed by atoms with van der Waals surface area (Å²) in [5.41, 5.74) is 1.41. The standard InChI is InChI=1S/C15H16FNO3S/c1-2-21(19,20)13-6-4-12(5-7-13)17-10-11-3-8-15(18)14(16)9-11/h3-9,17-18H,2,10H2,1H3. The molecule has 0 heterocycles. The second-order valence-electron chi connectivity index (χ2n) is 4.57. The Labute approximate surface area is 123 Å². The summed E-state index contributed by atoms with van der Waals surface area (Å²) in [5.74, 6) is -0.987. The number of anilines is 1. The number of halogens is 1. The molecule has 0 unspecified atom stereocenters. The molecule has 2 aromatic carbocycles. The van der Waals surface area contributed by atoms with Crippen molar-refractivity contribution in [3.63, 3.8) is 0 Å². The van der Waals surface area contributed by atoms with Gasteiger partial charge >= 0.3 is 0 Å². The van der Waals surface area contributed by atoms with Crippen molar-refractivity contribution in [2.75, 3.05) is 11.1 Å². The number of nitrogens with one attached hydrogen (secondary N) is 1. The van der Waals surface area contributed by atoms with Crippen LogP contribution in [0.5, 0.6) is 5.75 Å². The third-order valence-electron chi connectivity index (χ3n) is 3.10. The normalized spacial score (nSPS) is 11.3. The number of hydrogen-bond acceptors (Lipinski definition) is 4. The molecule has 0 saturated heterocycles. The van der Waals surface area contributed by atoms with Crippen LogP contribution in [0.3, 0.4) is 0 Å². The van der Waals surface area contributed by atoms with Crippen molar-refractivity contribution in [3.8, 4) is 5.75 Å². The van der Waals surface area contributed by atoms with Gasteiger partial charge in [0.25, 0.3) is 0 Å². The second kappa shape index (κ2) is 6.13. The highest BCUT2D eigenvalue weighted by Gasteiger charge is 2.10. The van der Waals surface area contributed by atoms with Crippen molar-refractivity contribution < 1.29 is 17.9 Å². The summed E-state index contributed by atoms with van der Waals surface area (Å²) >= 11 is 0. The van der Waals surface area contributed by atoms with E-state index in [4.69, 9.17) is 5.11 Å². The topological polar surface area (TPSA) is 66.4 Å². The fourth-order valence-electron chi connectivity index (χ4n) is 1.81. The molecular formula is C15H16FNO3S. The van der Waals surface area contributed by atoms with Crippen LogP contribution in [-0.2, 0) is 16.4 Å². The van der Waals surface area contributed by atoms with Crippen LogP contribution in [0.2, 0.25) is 0 Å². The highest BCUT2D eigenvalue weighted by Crippen LogP contribution is 2.18. The lowest BCUT2D eigenvalue weighted by Crippen LogP contribution is -2.04. The van der Waals surface area contributed by atoms with E-state index >= 15 is 0 Å². The van der Waals surface area contributed by atoms with Crippen LogP contribution in [0.25, 0.3) is 0 Å². The number of sulfone groups is 1. The Morgan fingerprint density at radius 2 is 1.81 bits per heavy atom. The minimum atomic E-state index is -3.20. The first-order chi connectivity index (χ1) is 9.92. The third kappa shape index (κ3) is 3.72. The van der Waals surface area contributed by atoms with E-state index in [0.717, 1.165) is 5.69 Å². The van der Waals surface area contributed by atoms with Crippen LogP contribution >= 0.6 is 0 Å². The minimum Gasteiger partial charge on any atom is -0.505 e. The van der Waals surface area contributed by atoms with E-state index in [-0.39, 0.29) is 16.4 Å².